The number of hydrogen-bond acceptors (Lipinski definition) is 0. The molecule has 0 fully saturated rings. The summed E-state index contributed by atoms with van der Waals surface area (Å²) in [7, 11) is 0. The smallest absolute Gasteiger partial charge is 0.194 e. The van der Waals surface area contributed by atoms with Crippen molar-refractivity contribution in [3.8, 4) is 33.4 Å². The zero-order chi connectivity index (χ0) is 24.2. The second-order valence-electron chi connectivity index (χ2n) is 8.47. The summed E-state index contributed by atoms with van der Waals surface area (Å²) in [5.74, 6) is -4.31. The summed E-state index contributed by atoms with van der Waals surface area (Å²) in [5, 5.41) is 0. The molecule has 174 valence electrons. The van der Waals surface area contributed by atoms with Gasteiger partial charge in [0.25, 0.3) is 0 Å². The van der Waals surface area contributed by atoms with Crippen LogP contribution in [0.25, 0.3) is 33.4 Å². The van der Waals surface area contributed by atoms with Crippen molar-refractivity contribution in [2.75, 3.05) is 0 Å². The van der Waals surface area contributed by atoms with Crippen molar-refractivity contribution in [1.82, 2.24) is 0 Å². The molecular weight excluding hydrogens is 436 g/mol. The lowest BCUT2D eigenvalue weighted by atomic mass is 9.92. The highest BCUT2D eigenvalue weighted by molar-refractivity contribution is 5.76. The van der Waals surface area contributed by atoms with Gasteiger partial charge in [-0.05, 0) is 76.4 Å². The number of unbranched alkanes of at least 4 members (excludes halogenated alkanes) is 1. The number of benzene rings is 4. The Balaban J connectivity index is 1.65. The van der Waals surface area contributed by atoms with Crippen LogP contribution < -0.4 is 0 Å². The second kappa shape index (κ2) is 10.3. The van der Waals surface area contributed by atoms with Crippen LogP contribution in [0.15, 0.2) is 72.8 Å². The highest BCUT2D eigenvalue weighted by Gasteiger charge is 2.15. The first-order chi connectivity index (χ1) is 16.4. The standard InChI is InChI=1S/C30H26F4/c1-3-5-6-19-7-9-21(10-8-19)22-11-14-26(27(31)16-22)23-12-13-25(20(4-2)15-23)24-17-28(32)30(34)29(33)18-24/h7-18H,3-6H2,1-2H3. The molecule has 4 aromatic carbocycles. The molecule has 0 aliphatic rings. The molecule has 0 radical (unpaired) electrons. The van der Waals surface area contributed by atoms with Crippen LogP contribution in [0.4, 0.5) is 17.6 Å². The van der Waals surface area contributed by atoms with Crippen LogP contribution in [0.5, 0.6) is 0 Å². The molecule has 0 aliphatic heterocycles. The Morgan fingerprint density at radius 2 is 1.15 bits per heavy atom. The summed E-state index contributed by atoms with van der Waals surface area (Å²) in [6, 6.07) is 20.6. The fourth-order valence-electron chi connectivity index (χ4n) is 4.22. The minimum absolute atomic E-state index is 0.248. The summed E-state index contributed by atoms with van der Waals surface area (Å²) in [4.78, 5) is 0. The van der Waals surface area contributed by atoms with E-state index in [2.05, 4.69) is 19.1 Å². The van der Waals surface area contributed by atoms with Gasteiger partial charge in [-0.1, -0.05) is 74.9 Å². The molecule has 0 heterocycles. The van der Waals surface area contributed by atoms with E-state index in [0.29, 0.717) is 23.1 Å². The van der Waals surface area contributed by atoms with Gasteiger partial charge in [-0.25, -0.2) is 17.6 Å². The third kappa shape index (κ3) is 4.91. The molecule has 0 unspecified atom stereocenters. The fourth-order valence-corrected chi connectivity index (χ4v) is 4.22. The molecule has 0 amide bonds. The van der Waals surface area contributed by atoms with E-state index in [0.717, 1.165) is 48.1 Å². The molecule has 0 atom stereocenters. The lowest BCUT2D eigenvalue weighted by Gasteiger charge is -2.13. The van der Waals surface area contributed by atoms with Gasteiger partial charge in [0, 0.05) is 5.56 Å². The Morgan fingerprint density at radius 1 is 0.559 bits per heavy atom. The number of rotatable bonds is 7. The first-order valence-corrected chi connectivity index (χ1v) is 11.6. The highest BCUT2D eigenvalue weighted by Crippen LogP contribution is 2.33. The SMILES string of the molecule is CCCCc1ccc(-c2ccc(-c3ccc(-c4cc(F)c(F)c(F)c4)c(CC)c3)c(F)c2)cc1. The largest absolute Gasteiger partial charge is 0.206 e. The van der Waals surface area contributed by atoms with Gasteiger partial charge >= 0.3 is 0 Å². The minimum atomic E-state index is -1.49. The fraction of sp³-hybridized carbons (Fsp3) is 0.200. The summed E-state index contributed by atoms with van der Waals surface area (Å²) >= 11 is 0. The molecule has 4 heteroatoms. The average Bonchev–Trinajstić information content (AvgIpc) is 2.85. The molecule has 4 aromatic rings. The maximum Gasteiger partial charge on any atom is 0.194 e. The molecule has 0 aromatic heterocycles. The van der Waals surface area contributed by atoms with Crippen LogP contribution in [0.2, 0.25) is 0 Å². The van der Waals surface area contributed by atoms with E-state index in [9.17, 15) is 13.2 Å². The maximum absolute atomic E-state index is 15.1. The van der Waals surface area contributed by atoms with E-state index >= 15 is 4.39 Å². The van der Waals surface area contributed by atoms with Crippen molar-refractivity contribution in [3.63, 3.8) is 0 Å². The molecule has 0 aliphatic carbocycles. The van der Waals surface area contributed by atoms with Gasteiger partial charge in [-0.3, -0.25) is 0 Å². The van der Waals surface area contributed by atoms with Crippen LogP contribution in [0.3, 0.4) is 0 Å². The average molecular weight is 463 g/mol. The van der Waals surface area contributed by atoms with Crippen molar-refractivity contribution in [3.05, 3.63) is 107 Å². The zero-order valence-corrected chi connectivity index (χ0v) is 19.3. The van der Waals surface area contributed by atoms with Crippen molar-refractivity contribution < 1.29 is 17.6 Å². The summed E-state index contributed by atoms with van der Waals surface area (Å²) in [5.41, 5.74) is 5.76. The lowest BCUT2D eigenvalue weighted by molar-refractivity contribution is 0.447. The van der Waals surface area contributed by atoms with Gasteiger partial charge in [0.2, 0.25) is 0 Å². The van der Waals surface area contributed by atoms with Crippen LogP contribution >= 0.6 is 0 Å². The Morgan fingerprint density at radius 3 is 1.76 bits per heavy atom. The quantitative estimate of drug-likeness (QED) is 0.190. The van der Waals surface area contributed by atoms with Crippen molar-refractivity contribution in [1.29, 1.82) is 0 Å². The zero-order valence-electron chi connectivity index (χ0n) is 19.3. The molecule has 0 bridgehead atoms. The molecular formula is C30H26F4. The first-order valence-electron chi connectivity index (χ1n) is 11.6. The molecule has 0 N–H and O–H groups in total. The monoisotopic (exact) mass is 462 g/mol. The van der Waals surface area contributed by atoms with Gasteiger partial charge in [0.05, 0.1) is 0 Å². The van der Waals surface area contributed by atoms with Gasteiger partial charge in [0.15, 0.2) is 17.5 Å². The second-order valence-corrected chi connectivity index (χ2v) is 8.47. The predicted molar refractivity (Wildman–Crippen MR) is 131 cm³/mol. The van der Waals surface area contributed by atoms with Gasteiger partial charge in [-0.2, -0.15) is 0 Å². The van der Waals surface area contributed by atoms with Crippen molar-refractivity contribution in [2.45, 2.75) is 39.5 Å². The van der Waals surface area contributed by atoms with E-state index in [1.807, 2.05) is 31.2 Å². The molecule has 0 spiro atoms. The Hall–Kier alpha value is -3.40. The highest BCUT2D eigenvalue weighted by atomic mass is 19.2. The first kappa shape index (κ1) is 23.7. The molecule has 4 rings (SSSR count). The number of aryl methyl sites for hydroxylation is 2. The number of halogens is 4. The number of hydrogen-bond donors (Lipinski definition) is 0. The Labute approximate surface area is 197 Å². The van der Waals surface area contributed by atoms with E-state index < -0.39 is 17.5 Å². The third-order valence-electron chi connectivity index (χ3n) is 6.17. The topological polar surface area (TPSA) is 0 Å². The van der Waals surface area contributed by atoms with Gasteiger partial charge < -0.3 is 0 Å². The molecule has 0 nitrogen and oxygen atoms in total. The van der Waals surface area contributed by atoms with Crippen LogP contribution in [0.1, 0.15) is 37.8 Å². The van der Waals surface area contributed by atoms with Crippen molar-refractivity contribution in [2.24, 2.45) is 0 Å². The van der Waals surface area contributed by atoms with E-state index in [4.69, 9.17) is 0 Å². The summed E-state index contributed by atoms with van der Waals surface area (Å²) in [6.45, 7) is 4.07. The van der Waals surface area contributed by atoms with Crippen LogP contribution in [-0.2, 0) is 12.8 Å². The van der Waals surface area contributed by atoms with Crippen LogP contribution in [-0.4, -0.2) is 0 Å². The maximum atomic E-state index is 15.1. The van der Waals surface area contributed by atoms with E-state index in [-0.39, 0.29) is 11.4 Å². The van der Waals surface area contributed by atoms with E-state index in [1.54, 1.807) is 18.2 Å². The Bertz CT molecular complexity index is 1280. The summed E-state index contributed by atoms with van der Waals surface area (Å²) < 4.78 is 56.0. The molecule has 0 saturated carbocycles. The molecule has 0 saturated heterocycles. The minimum Gasteiger partial charge on any atom is -0.206 e. The predicted octanol–water partition coefficient (Wildman–Crippen LogP) is 9.15. The lowest BCUT2D eigenvalue weighted by Crippen LogP contribution is -1.95. The van der Waals surface area contributed by atoms with Gasteiger partial charge in [-0.15, -0.1) is 0 Å². The van der Waals surface area contributed by atoms with Crippen LogP contribution in [0, 0.1) is 23.3 Å². The normalized spacial score (nSPS) is 11.1. The Kier molecular flexibility index (Phi) is 7.16. The van der Waals surface area contributed by atoms with E-state index in [1.165, 1.54) is 11.6 Å². The molecule has 34 heavy (non-hydrogen) atoms. The third-order valence-corrected chi connectivity index (χ3v) is 6.17. The van der Waals surface area contributed by atoms with Gasteiger partial charge in [0.1, 0.15) is 5.82 Å². The van der Waals surface area contributed by atoms with Crippen molar-refractivity contribution >= 4 is 0 Å². The summed E-state index contributed by atoms with van der Waals surface area (Å²) in [6.07, 6.45) is 3.89.